The van der Waals surface area contributed by atoms with E-state index in [-0.39, 0.29) is 24.1 Å². The highest BCUT2D eigenvalue weighted by atomic mass is 35.5. The first-order valence-electron chi connectivity index (χ1n) is 13.6. The van der Waals surface area contributed by atoms with Crippen LogP contribution in [0.25, 0.3) is 0 Å². The number of nitrogens with zero attached hydrogens (tertiary/aromatic N) is 4. The van der Waals surface area contributed by atoms with Crippen LogP contribution in [0.2, 0.25) is 5.02 Å². The van der Waals surface area contributed by atoms with Gasteiger partial charge in [-0.25, -0.2) is 4.79 Å². The van der Waals surface area contributed by atoms with Crippen LogP contribution < -0.4 is 9.64 Å². The van der Waals surface area contributed by atoms with Crippen LogP contribution in [0.5, 0.6) is 5.75 Å². The Hall–Kier alpha value is -3.44. The maximum Gasteiger partial charge on any atom is 0.410 e. The summed E-state index contributed by atoms with van der Waals surface area (Å²) in [6.07, 6.45) is 3.28. The highest BCUT2D eigenvalue weighted by molar-refractivity contribution is 6.31. The van der Waals surface area contributed by atoms with Crippen molar-refractivity contribution in [1.82, 2.24) is 9.80 Å². The normalized spacial score (nSPS) is 21.4. The number of amides is 2. The second-order valence-corrected chi connectivity index (χ2v) is 11.9. The molecule has 0 radical (unpaired) electrons. The van der Waals surface area contributed by atoms with Crippen LogP contribution >= 0.6 is 11.6 Å². The molecule has 1 aliphatic carbocycles. The number of benzene rings is 2. The van der Waals surface area contributed by atoms with Crippen LogP contribution in [0.3, 0.4) is 0 Å². The molecule has 0 atom stereocenters. The van der Waals surface area contributed by atoms with Gasteiger partial charge in [0.15, 0.2) is 0 Å². The van der Waals surface area contributed by atoms with Crippen LogP contribution in [-0.2, 0) is 11.3 Å². The topological polar surface area (TPSA) is 86.1 Å². The van der Waals surface area contributed by atoms with Gasteiger partial charge >= 0.3 is 6.09 Å². The smallest absolute Gasteiger partial charge is 0.410 e. The van der Waals surface area contributed by atoms with Gasteiger partial charge in [-0.1, -0.05) is 11.6 Å². The van der Waals surface area contributed by atoms with Crippen molar-refractivity contribution in [1.29, 1.82) is 5.26 Å². The number of halogens is 1. The van der Waals surface area contributed by atoms with Crippen molar-refractivity contribution in [2.75, 3.05) is 31.1 Å². The SMILES string of the molecule is CC(C)(C)OC(=O)N1CCN(c2ccc3c(c2)CN(C2CCC(Oc4ccc(C#N)c(Cl)c4)CC2)C3=O)CC1. The first-order chi connectivity index (χ1) is 18.6. The summed E-state index contributed by atoms with van der Waals surface area (Å²) < 4.78 is 11.6. The summed E-state index contributed by atoms with van der Waals surface area (Å²) >= 11 is 6.15. The van der Waals surface area contributed by atoms with E-state index in [0.717, 1.165) is 55.6 Å². The van der Waals surface area contributed by atoms with Gasteiger partial charge in [-0.15, -0.1) is 0 Å². The first-order valence-corrected chi connectivity index (χ1v) is 14.0. The van der Waals surface area contributed by atoms with Gasteiger partial charge in [0.1, 0.15) is 17.4 Å². The summed E-state index contributed by atoms with van der Waals surface area (Å²) in [6.45, 7) is 8.93. The number of fused-ring (bicyclic) bond motifs is 1. The standard InChI is InChI=1S/C30H35ClN4O4/c1-30(2,3)39-29(37)34-14-12-33(13-15-34)23-7-11-26-21(16-23)19-35(28(26)36)22-5-9-24(10-6-22)38-25-8-4-20(18-32)27(31)17-25/h4,7-8,11,16-17,22,24H,5-6,9-10,12-15,19H2,1-3H3. The summed E-state index contributed by atoms with van der Waals surface area (Å²) in [5.74, 6) is 0.779. The summed E-state index contributed by atoms with van der Waals surface area (Å²) in [6, 6.07) is 13.5. The van der Waals surface area contributed by atoms with Gasteiger partial charge in [-0.2, -0.15) is 5.26 Å². The van der Waals surface area contributed by atoms with Crippen LogP contribution in [0.1, 0.15) is 67.9 Å². The van der Waals surface area contributed by atoms with Crippen LogP contribution in [-0.4, -0.2) is 65.7 Å². The minimum atomic E-state index is -0.502. The lowest BCUT2D eigenvalue weighted by Crippen LogP contribution is -2.50. The third-order valence-corrected chi connectivity index (χ3v) is 7.98. The Bertz CT molecular complexity index is 1280. The molecule has 3 aliphatic rings. The molecule has 5 rings (SSSR count). The highest BCUT2D eigenvalue weighted by Gasteiger charge is 2.36. The molecule has 2 heterocycles. The van der Waals surface area contributed by atoms with E-state index in [1.807, 2.05) is 37.8 Å². The Balaban J connectivity index is 1.15. The van der Waals surface area contributed by atoms with Crippen molar-refractivity contribution in [2.45, 2.75) is 70.7 Å². The van der Waals surface area contributed by atoms with E-state index in [1.54, 1.807) is 23.1 Å². The molecule has 2 aromatic carbocycles. The quantitative estimate of drug-likeness (QED) is 0.491. The van der Waals surface area contributed by atoms with Crippen molar-refractivity contribution in [3.63, 3.8) is 0 Å². The number of carbonyl (C=O) groups is 2. The zero-order chi connectivity index (χ0) is 27.7. The second-order valence-electron chi connectivity index (χ2n) is 11.5. The van der Waals surface area contributed by atoms with Crippen molar-refractivity contribution >= 4 is 29.3 Å². The molecule has 0 unspecified atom stereocenters. The van der Waals surface area contributed by atoms with Gasteiger partial charge < -0.3 is 24.2 Å². The Kier molecular flexibility index (Phi) is 7.64. The molecule has 2 aromatic rings. The number of nitriles is 1. The minimum absolute atomic E-state index is 0.0660. The van der Waals surface area contributed by atoms with Gasteiger partial charge in [0.05, 0.1) is 16.7 Å². The Labute approximate surface area is 235 Å². The molecule has 1 saturated carbocycles. The molecule has 0 spiro atoms. The number of hydrogen-bond acceptors (Lipinski definition) is 6. The largest absolute Gasteiger partial charge is 0.490 e. The fraction of sp³-hybridized carbons (Fsp3) is 0.500. The number of piperazine rings is 1. The van der Waals surface area contributed by atoms with E-state index in [9.17, 15) is 9.59 Å². The molecule has 0 aromatic heterocycles. The van der Waals surface area contributed by atoms with Gasteiger partial charge in [0, 0.05) is 56.1 Å². The third-order valence-electron chi connectivity index (χ3n) is 7.67. The van der Waals surface area contributed by atoms with Gasteiger partial charge in [0.2, 0.25) is 0 Å². The van der Waals surface area contributed by atoms with Crippen LogP contribution in [0, 0.1) is 11.3 Å². The number of ether oxygens (including phenoxy) is 2. The van der Waals surface area contributed by atoms with E-state index in [0.29, 0.717) is 36.0 Å². The number of anilines is 1. The predicted molar refractivity (Wildman–Crippen MR) is 149 cm³/mol. The molecule has 2 fully saturated rings. The molecule has 9 heteroatoms. The zero-order valence-corrected chi connectivity index (χ0v) is 23.5. The summed E-state index contributed by atoms with van der Waals surface area (Å²) in [5.41, 5.74) is 2.88. The number of hydrogen-bond donors (Lipinski definition) is 0. The summed E-state index contributed by atoms with van der Waals surface area (Å²) in [5, 5.41) is 9.46. The maximum atomic E-state index is 13.3. The molecular formula is C30H35ClN4O4. The Morgan fingerprint density at radius 2 is 1.74 bits per heavy atom. The molecule has 2 aliphatic heterocycles. The molecule has 2 amide bonds. The monoisotopic (exact) mass is 550 g/mol. The average Bonchev–Trinajstić information content (AvgIpc) is 3.24. The van der Waals surface area contributed by atoms with Crippen molar-refractivity contribution in [3.8, 4) is 11.8 Å². The lowest BCUT2D eigenvalue weighted by atomic mass is 9.92. The minimum Gasteiger partial charge on any atom is -0.490 e. The molecule has 0 bridgehead atoms. The number of rotatable bonds is 4. The fourth-order valence-corrected chi connectivity index (χ4v) is 5.83. The van der Waals surface area contributed by atoms with E-state index < -0.39 is 5.60 Å². The molecule has 39 heavy (non-hydrogen) atoms. The summed E-state index contributed by atoms with van der Waals surface area (Å²) in [4.78, 5) is 31.7. The lowest BCUT2D eigenvalue weighted by Gasteiger charge is -2.36. The van der Waals surface area contributed by atoms with Crippen LogP contribution in [0.4, 0.5) is 10.5 Å². The lowest BCUT2D eigenvalue weighted by molar-refractivity contribution is 0.0240. The van der Waals surface area contributed by atoms with Gasteiger partial charge in [-0.3, -0.25) is 4.79 Å². The molecular weight excluding hydrogens is 516 g/mol. The van der Waals surface area contributed by atoms with E-state index in [4.69, 9.17) is 26.3 Å². The fourth-order valence-electron chi connectivity index (χ4n) is 5.62. The van der Waals surface area contributed by atoms with Gasteiger partial charge in [-0.05, 0) is 82.3 Å². The van der Waals surface area contributed by atoms with Crippen LogP contribution in [0.15, 0.2) is 36.4 Å². The average molecular weight is 551 g/mol. The third kappa shape index (κ3) is 6.09. The predicted octanol–water partition coefficient (Wildman–Crippen LogP) is 5.61. The van der Waals surface area contributed by atoms with E-state index >= 15 is 0 Å². The van der Waals surface area contributed by atoms with Crippen molar-refractivity contribution < 1.29 is 19.1 Å². The Morgan fingerprint density at radius 3 is 2.38 bits per heavy atom. The molecule has 1 saturated heterocycles. The maximum absolute atomic E-state index is 13.3. The van der Waals surface area contributed by atoms with Crippen molar-refractivity contribution in [3.05, 3.63) is 58.1 Å². The highest BCUT2D eigenvalue weighted by Crippen LogP contribution is 2.35. The van der Waals surface area contributed by atoms with E-state index in [2.05, 4.69) is 17.0 Å². The van der Waals surface area contributed by atoms with Gasteiger partial charge in [0.25, 0.3) is 5.91 Å². The second kappa shape index (κ2) is 11.0. The molecule has 0 N–H and O–H groups in total. The number of carbonyl (C=O) groups excluding carboxylic acids is 2. The summed E-state index contributed by atoms with van der Waals surface area (Å²) in [7, 11) is 0. The first kappa shape index (κ1) is 27.1. The van der Waals surface area contributed by atoms with Crippen molar-refractivity contribution in [2.24, 2.45) is 0 Å². The molecule has 206 valence electrons. The van der Waals surface area contributed by atoms with E-state index in [1.165, 1.54) is 0 Å². The Morgan fingerprint density at radius 1 is 1.03 bits per heavy atom. The zero-order valence-electron chi connectivity index (χ0n) is 22.8. The molecule has 8 nitrogen and oxygen atoms in total.